The number of hydrogen-bond acceptors (Lipinski definition) is 3. The van der Waals surface area contributed by atoms with Gasteiger partial charge in [-0.05, 0) is 37.8 Å². The van der Waals surface area contributed by atoms with Gasteiger partial charge in [0.15, 0.2) is 0 Å². The lowest BCUT2D eigenvalue weighted by Crippen LogP contribution is -2.30. The van der Waals surface area contributed by atoms with Gasteiger partial charge in [0.25, 0.3) is 0 Å². The molecule has 3 heteroatoms. The van der Waals surface area contributed by atoms with Crippen LogP contribution in [0.15, 0.2) is 12.2 Å². The summed E-state index contributed by atoms with van der Waals surface area (Å²) in [4.78, 5) is 14.2. The van der Waals surface area contributed by atoms with Crippen LogP contribution in [0.2, 0.25) is 0 Å². The molecular weight excluding hydrogens is 214 g/mol. The monoisotopic (exact) mass is 237 g/mol. The first-order valence-electron chi connectivity index (χ1n) is 6.81. The number of fused-ring (bicyclic) bond motifs is 2. The highest BCUT2D eigenvalue weighted by Gasteiger charge is 2.40. The Hall–Kier alpha value is -0.830. The predicted molar refractivity (Wildman–Crippen MR) is 67.6 cm³/mol. The number of hydrogen-bond donors (Lipinski definition) is 0. The van der Waals surface area contributed by atoms with Gasteiger partial charge >= 0.3 is 5.97 Å². The third-order valence-electron chi connectivity index (χ3n) is 4.13. The van der Waals surface area contributed by atoms with Crippen LogP contribution in [0.5, 0.6) is 0 Å². The van der Waals surface area contributed by atoms with Crippen LogP contribution in [-0.4, -0.2) is 37.1 Å². The van der Waals surface area contributed by atoms with E-state index in [4.69, 9.17) is 4.74 Å². The first-order chi connectivity index (χ1) is 8.24. The number of carbonyl (C=O) groups is 1. The normalized spacial score (nSPS) is 30.2. The van der Waals surface area contributed by atoms with Crippen molar-refractivity contribution in [2.75, 3.05) is 26.2 Å². The molecule has 96 valence electrons. The molecule has 0 aromatic carbocycles. The van der Waals surface area contributed by atoms with Crippen molar-refractivity contribution in [1.82, 2.24) is 4.90 Å². The third kappa shape index (κ3) is 2.89. The molecule has 2 aliphatic rings. The van der Waals surface area contributed by atoms with E-state index in [1.807, 2.05) is 0 Å². The van der Waals surface area contributed by atoms with E-state index < -0.39 is 0 Å². The number of rotatable bonds is 6. The Kier molecular flexibility index (Phi) is 4.21. The lowest BCUT2D eigenvalue weighted by atomic mass is 9.94. The summed E-state index contributed by atoms with van der Waals surface area (Å²) in [6.45, 7) is 7.70. The number of carbonyl (C=O) groups excluding carboxylic acids is 1. The van der Waals surface area contributed by atoms with Crippen LogP contribution in [0.4, 0.5) is 0 Å². The van der Waals surface area contributed by atoms with Crippen molar-refractivity contribution in [1.29, 1.82) is 0 Å². The fourth-order valence-electron chi connectivity index (χ4n) is 2.97. The van der Waals surface area contributed by atoms with E-state index in [9.17, 15) is 4.79 Å². The zero-order valence-electron chi connectivity index (χ0n) is 10.9. The zero-order chi connectivity index (χ0) is 12.3. The quantitative estimate of drug-likeness (QED) is 0.523. The van der Waals surface area contributed by atoms with Gasteiger partial charge < -0.3 is 9.64 Å². The Bertz CT molecular complexity index is 297. The second-order valence-corrected chi connectivity index (χ2v) is 5.08. The average molecular weight is 237 g/mol. The second-order valence-electron chi connectivity index (χ2n) is 5.08. The van der Waals surface area contributed by atoms with Crippen LogP contribution in [0.1, 0.15) is 26.7 Å². The molecule has 3 unspecified atom stereocenters. The maximum absolute atomic E-state index is 11.9. The SMILES string of the molecule is CCN(CC)CCOC(=O)C1CC2C=CC1C2. The molecule has 0 heterocycles. The highest BCUT2D eigenvalue weighted by molar-refractivity contribution is 5.74. The number of esters is 1. The lowest BCUT2D eigenvalue weighted by Gasteiger charge is -2.20. The Morgan fingerprint density at radius 1 is 1.29 bits per heavy atom. The van der Waals surface area contributed by atoms with Gasteiger partial charge in [0.2, 0.25) is 0 Å². The summed E-state index contributed by atoms with van der Waals surface area (Å²) in [6.07, 6.45) is 6.62. The van der Waals surface area contributed by atoms with Crippen molar-refractivity contribution < 1.29 is 9.53 Å². The number of likely N-dealkylation sites (N-methyl/N-ethyl adjacent to an activating group) is 1. The molecule has 0 aromatic rings. The molecule has 2 rings (SSSR count). The molecule has 2 aliphatic carbocycles. The molecule has 0 aliphatic heterocycles. The van der Waals surface area contributed by atoms with E-state index in [0.29, 0.717) is 18.4 Å². The summed E-state index contributed by atoms with van der Waals surface area (Å²) in [5.74, 6) is 1.26. The Labute approximate surface area is 104 Å². The van der Waals surface area contributed by atoms with Crippen molar-refractivity contribution >= 4 is 5.97 Å². The molecule has 3 atom stereocenters. The first-order valence-corrected chi connectivity index (χ1v) is 6.81. The van der Waals surface area contributed by atoms with E-state index in [2.05, 4.69) is 30.9 Å². The average Bonchev–Trinajstić information content (AvgIpc) is 2.96. The minimum Gasteiger partial charge on any atom is -0.464 e. The highest BCUT2D eigenvalue weighted by atomic mass is 16.5. The topological polar surface area (TPSA) is 29.5 Å². The maximum atomic E-state index is 11.9. The number of allylic oxidation sites excluding steroid dienone is 2. The molecule has 2 bridgehead atoms. The minimum atomic E-state index is 0.0222. The van der Waals surface area contributed by atoms with Crippen LogP contribution in [0.3, 0.4) is 0 Å². The first kappa shape index (κ1) is 12.6. The van der Waals surface area contributed by atoms with E-state index in [1.165, 1.54) is 0 Å². The van der Waals surface area contributed by atoms with Gasteiger partial charge in [-0.15, -0.1) is 0 Å². The summed E-state index contributed by atoms with van der Waals surface area (Å²) in [7, 11) is 0. The van der Waals surface area contributed by atoms with Crippen LogP contribution in [-0.2, 0) is 9.53 Å². The summed E-state index contributed by atoms with van der Waals surface area (Å²) in [6, 6.07) is 0. The van der Waals surface area contributed by atoms with Gasteiger partial charge in [-0.2, -0.15) is 0 Å². The third-order valence-corrected chi connectivity index (χ3v) is 4.13. The van der Waals surface area contributed by atoms with Gasteiger partial charge in [-0.25, -0.2) is 0 Å². The van der Waals surface area contributed by atoms with Crippen LogP contribution >= 0.6 is 0 Å². The fraction of sp³-hybridized carbons (Fsp3) is 0.786. The highest BCUT2D eigenvalue weighted by Crippen LogP contribution is 2.43. The molecule has 0 N–H and O–H groups in total. The van der Waals surface area contributed by atoms with E-state index in [-0.39, 0.29) is 11.9 Å². The van der Waals surface area contributed by atoms with Crippen LogP contribution in [0, 0.1) is 17.8 Å². The molecule has 0 aromatic heterocycles. The smallest absolute Gasteiger partial charge is 0.309 e. The largest absolute Gasteiger partial charge is 0.464 e. The van der Waals surface area contributed by atoms with Crippen molar-refractivity contribution in [2.45, 2.75) is 26.7 Å². The van der Waals surface area contributed by atoms with E-state index in [1.54, 1.807) is 0 Å². The maximum Gasteiger partial charge on any atom is 0.309 e. The number of nitrogens with zero attached hydrogens (tertiary/aromatic N) is 1. The van der Waals surface area contributed by atoms with Crippen molar-refractivity contribution in [2.24, 2.45) is 17.8 Å². The van der Waals surface area contributed by atoms with Crippen LogP contribution < -0.4 is 0 Å². The molecule has 3 nitrogen and oxygen atoms in total. The van der Waals surface area contributed by atoms with Gasteiger partial charge in [0.05, 0.1) is 5.92 Å². The molecule has 0 amide bonds. The Balaban J connectivity index is 1.69. The molecule has 0 spiro atoms. The molecule has 0 saturated heterocycles. The van der Waals surface area contributed by atoms with Crippen molar-refractivity contribution in [3.8, 4) is 0 Å². The van der Waals surface area contributed by atoms with Crippen molar-refractivity contribution in [3.63, 3.8) is 0 Å². The Morgan fingerprint density at radius 2 is 2.06 bits per heavy atom. The van der Waals surface area contributed by atoms with Crippen LogP contribution in [0.25, 0.3) is 0 Å². The predicted octanol–water partition coefficient (Wildman–Crippen LogP) is 2.08. The van der Waals surface area contributed by atoms with E-state index >= 15 is 0 Å². The van der Waals surface area contributed by atoms with Gasteiger partial charge in [0, 0.05) is 6.54 Å². The van der Waals surface area contributed by atoms with Crippen molar-refractivity contribution in [3.05, 3.63) is 12.2 Å². The minimum absolute atomic E-state index is 0.0222. The molecule has 1 fully saturated rings. The van der Waals surface area contributed by atoms with Gasteiger partial charge in [-0.3, -0.25) is 4.79 Å². The number of ether oxygens (including phenoxy) is 1. The standard InChI is InChI=1S/C14H23NO2/c1-3-15(4-2)7-8-17-14(16)13-10-11-5-6-12(13)9-11/h5-6,11-13H,3-4,7-10H2,1-2H3. The van der Waals surface area contributed by atoms with E-state index in [0.717, 1.165) is 32.5 Å². The molecule has 1 saturated carbocycles. The van der Waals surface area contributed by atoms with Gasteiger partial charge in [0.1, 0.15) is 6.61 Å². The molecular formula is C14H23NO2. The summed E-state index contributed by atoms with van der Waals surface area (Å²) >= 11 is 0. The lowest BCUT2D eigenvalue weighted by molar-refractivity contribution is -0.149. The zero-order valence-corrected chi connectivity index (χ0v) is 10.9. The summed E-state index contributed by atoms with van der Waals surface area (Å²) in [5, 5.41) is 0. The second kappa shape index (κ2) is 5.67. The summed E-state index contributed by atoms with van der Waals surface area (Å²) in [5.41, 5.74) is 0. The Morgan fingerprint density at radius 3 is 2.59 bits per heavy atom. The molecule has 0 radical (unpaired) electrons. The fourth-order valence-corrected chi connectivity index (χ4v) is 2.97. The summed E-state index contributed by atoms with van der Waals surface area (Å²) < 4.78 is 5.40. The van der Waals surface area contributed by atoms with Gasteiger partial charge in [-0.1, -0.05) is 26.0 Å². The molecule has 17 heavy (non-hydrogen) atoms.